The van der Waals surface area contributed by atoms with Crippen LogP contribution < -0.4 is 5.32 Å². The monoisotopic (exact) mass is 422 g/mol. The van der Waals surface area contributed by atoms with Crippen molar-refractivity contribution < 1.29 is 14.0 Å². The zero-order valence-electron chi connectivity index (χ0n) is 18.2. The average molecular weight is 423 g/mol. The number of benzene rings is 2. The van der Waals surface area contributed by atoms with Crippen molar-refractivity contribution in [2.45, 2.75) is 33.6 Å². The van der Waals surface area contributed by atoms with Gasteiger partial charge in [-0.1, -0.05) is 19.9 Å². The molecule has 31 heavy (non-hydrogen) atoms. The van der Waals surface area contributed by atoms with Gasteiger partial charge in [-0.25, -0.2) is 9.07 Å². The number of halogens is 1. The zero-order chi connectivity index (χ0) is 22.5. The molecule has 0 bridgehead atoms. The van der Waals surface area contributed by atoms with Crippen molar-refractivity contribution in [1.82, 2.24) is 14.7 Å². The highest BCUT2D eigenvalue weighted by atomic mass is 19.1. The molecule has 0 atom stereocenters. The lowest BCUT2D eigenvalue weighted by molar-refractivity contribution is 0.0772. The number of nitrogens with zero attached hydrogens (tertiary/aromatic N) is 3. The van der Waals surface area contributed by atoms with Crippen LogP contribution in [-0.2, 0) is 0 Å². The van der Waals surface area contributed by atoms with Gasteiger partial charge in [0.05, 0.1) is 23.1 Å². The Labute approximate surface area is 181 Å². The molecular formula is C24H27FN4O2. The lowest BCUT2D eigenvalue weighted by atomic mass is 10.0. The zero-order valence-corrected chi connectivity index (χ0v) is 18.2. The summed E-state index contributed by atoms with van der Waals surface area (Å²) in [5, 5.41) is 7.24. The van der Waals surface area contributed by atoms with Gasteiger partial charge in [-0.15, -0.1) is 0 Å². The van der Waals surface area contributed by atoms with Gasteiger partial charge in [0.15, 0.2) is 0 Å². The molecule has 1 heterocycles. The van der Waals surface area contributed by atoms with E-state index in [1.807, 2.05) is 27.7 Å². The second-order valence-corrected chi connectivity index (χ2v) is 7.50. The van der Waals surface area contributed by atoms with E-state index in [-0.39, 0.29) is 23.5 Å². The van der Waals surface area contributed by atoms with Gasteiger partial charge in [-0.05, 0) is 62.2 Å². The normalized spacial score (nSPS) is 10.9. The van der Waals surface area contributed by atoms with E-state index in [2.05, 4.69) is 10.4 Å². The Morgan fingerprint density at radius 3 is 2.39 bits per heavy atom. The van der Waals surface area contributed by atoms with Crippen molar-refractivity contribution in [2.24, 2.45) is 0 Å². The molecule has 0 radical (unpaired) electrons. The van der Waals surface area contributed by atoms with Crippen LogP contribution in [0.3, 0.4) is 0 Å². The maximum atomic E-state index is 13.3. The highest BCUT2D eigenvalue weighted by Gasteiger charge is 2.21. The molecule has 0 aliphatic heterocycles. The predicted octanol–water partition coefficient (Wildman–Crippen LogP) is 4.87. The largest absolute Gasteiger partial charge is 0.339 e. The van der Waals surface area contributed by atoms with Gasteiger partial charge in [0.1, 0.15) is 5.82 Å². The van der Waals surface area contributed by atoms with Gasteiger partial charge in [0.25, 0.3) is 11.8 Å². The van der Waals surface area contributed by atoms with E-state index in [1.165, 1.54) is 18.3 Å². The first-order chi connectivity index (χ1) is 14.8. The molecule has 6 nitrogen and oxygen atoms in total. The lowest BCUT2D eigenvalue weighted by Crippen LogP contribution is -2.30. The molecule has 1 aromatic heterocycles. The molecule has 7 heteroatoms. The summed E-state index contributed by atoms with van der Waals surface area (Å²) in [6.45, 7) is 9.03. The standard InChI is InChI=1S/C24H27FN4O2/c1-5-28(6-2)24(31)17-8-7-9-19(14-17)27-23(30)21-15-26-29(22(21)16(3)4)20-12-10-18(25)11-13-20/h7-16H,5-6H2,1-4H3,(H,27,30). The van der Waals surface area contributed by atoms with Gasteiger partial charge < -0.3 is 10.2 Å². The fourth-order valence-electron chi connectivity index (χ4n) is 3.50. The molecular weight excluding hydrogens is 395 g/mol. The quantitative estimate of drug-likeness (QED) is 0.591. The topological polar surface area (TPSA) is 67.2 Å². The number of nitrogens with one attached hydrogen (secondary N) is 1. The summed E-state index contributed by atoms with van der Waals surface area (Å²) in [7, 11) is 0. The van der Waals surface area contributed by atoms with Crippen LogP contribution in [0.25, 0.3) is 5.69 Å². The second-order valence-electron chi connectivity index (χ2n) is 7.50. The summed E-state index contributed by atoms with van der Waals surface area (Å²) in [6.07, 6.45) is 1.51. The van der Waals surface area contributed by atoms with Crippen LogP contribution in [0.5, 0.6) is 0 Å². The van der Waals surface area contributed by atoms with E-state index < -0.39 is 0 Å². The molecule has 0 aliphatic rings. The third-order valence-corrected chi connectivity index (χ3v) is 5.09. The second kappa shape index (κ2) is 9.55. The van der Waals surface area contributed by atoms with Crippen molar-refractivity contribution >= 4 is 17.5 Å². The first-order valence-corrected chi connectivity index (χ1v) is 10.4. The van der Waals surface area contributed by atoms with Crippen LogP contribution >= 0.6 is 0 Å². The van der Waals surface area contributed by atoms with Crippen LogP contribution in [0.1, 0.15) is 60.0 Å². The summed E-state index contributed by atoms with van der Waals surface area (Å²) in [5.74, 6) is -0.722. The molecule has 162 valence electrons. The Bertz CT molecular complexity index is 1070. The minimum absolute atomic E-state index is 0.00359. The Morgan fingerprint density at radius 1 is 1.10 bits per heavy atom. The summed E-state index contributed by atoms with van der Waals surface area (Å²) in [6, 6.07) is 12.9. The maximum Gasteiger partial charge on any atom is 0.259 e. The molecule has 0 aliphatic carbocycles. The van der Waals surface area contributed by atoms with Crippen LogP contribution in [0.15, 0.2) is 54.7 Å². The molecule has 0 saturated carbocycles. The molecule has 0 unspecified atom stereocenters. The van der Waals surface area contributed by atoms with Crippen molar-refractivity contribution in [2.75, 3.05) is 18.4 Å². The van der Waals surface area contributed by atoms with Crippen molar-refractivity contribution in [1.29, 1.82) is 0 Å². The molecule has 0 saturated heterocycles. The average Bonchev–Trinajstić information content (AvgIpc) is 3.21. The molecule has 0 spiro atoms. The minimum atomic E-state index is -0.334. The lowest BCUT2D eigenvalue weighted by Gasteiger charge is -2.19. The van der Waals surface area contributed by atoms with Crippen molar-refractivity contribution in [3.8, 4) is 5.69 Å². The van der Waals surface area contributed by atoms with E-state index in [1.54, 1.807) is 46.0 Å². The maximum absolute atomic E-state index is 13.3. The van der Waals surface area contributed by atoms with E-state index in [0.717, 1.165) is 5.69 Å². The Balaban J connectivity index is 1.88. The number of anilines is 1. The van der Waals surface area contributed by atoms with Crippen LogP contribution in [-0.4, -0.2) is 39.6 Å². The minimum Gasteiger partial charge on any atom is -0.339 e. The number of hydrogen-bond donors (Lipinski definition) is 1. The number of rotatable bonds is 7. The number of amides is 2. The number of hydrogen-bond acceptors (Lipinski definition) is 3. The van der Waals surface area contributed by atoms with Gasteiger partial charge in [0, 0.05) is 24.3 Å². The Hall–Kier alpha value is -3.48. The van der Waals surface area contributed by atoms with Gasteiger partial charge in [0.2, 0.25) is 0 Å². The van der Waals surface area contributed by atoms with E-state index in [4.69, 9.17) is 0 Å². The fourth-order valence-corrected chi connectivity index (χ4v) is 3.50. The Morgan fingerprint density at radius 2 is 1.77 bits per heavy atom. The molecule has 2 amide bonds. The fraction of sp³-hybridized carbons (Fsp3) is 0.292. The van der Waals surface area contributed by atoms with Crippen molar-refractivity contribution in [3.63, 3.8) is 0 Å². The summed E-state index contributed by atoms with van der Waals surface area (Å²) < 4.78 is 15.0. The SMILES string of the molecule is CCN(CC)C(=O)c1cccc(NC(=O)c2cnn(-c3ccc(F)cc3)c2C(C)C)c1. The molecule has 3 aromatic rings. The van der Waals surface area contributed by atoms with Crippen LogP contribution in [0, 0.1) is 5.82 Å². The van der Waals surface area contributed by atoms with E-state index in [0.29, 0.717) is 35.6 Å². The Kier molecular flexibility index (Phi) is 6.84. The predicted molar refractivity (Wildman–Crippen MR) is 119 cm³/mol. The number of carbonyl (C=O) groups is 2. The molecule has 1 N–H and O–H groups in total. The number of aromatic nitrogens is 2. The van der Waals surface area contributed by atoms with Crippen molar-refractivity contribution in [3.05, 3.63) is 77.4 Å². The van der Waals surface area contributed by atoms with Gasteiger partial charge in [-0.2, -0.15) is 5.10 Å². The van der Waals surface area contributed by atoms with Gasteiger partial charge >= 0.3 is 0 Å². The van der Waals surface area contributed by atoms with E-state index >= 15 is 0 Å². The van der Waals surface area contributed by atoms with Crippen LogP contribution in [0.2, 0.25) is 0 Å². The third-order valence-electron chi connectivity index (χ3n) is 5.09. The third kappa shape index (κ3) is 4.82. The highest BCUT2D eigenvalue weighted by Crippen LogP contribution is 2.24. The van der Waals surface area contributed by atoms with E-state index in [9.17, 15) is 14.0 Å². The summed E-state index contributed by atoms with van der Waals surface area (Å²) in [4.78, 5) is 27.4. The van der Waals surface area contributed by atoms with Crippen LogP contribution in [0.4, 0.5) is 10.1 Å². The molecule has 0 fully saturated rings. The first kappa shape index (κ1) is 22.2. The first-order valence-electron chi connectivity index (χ1n) is 10.4. The summed E-state index contributed by atoms with van der Waals surface area (Å²) in [5.41, 5.74) is 2.88. The molecule has 3 rings (SSSR count). The smallest absolute Gasteiger partial charge is 0.259 e. The molecule has 2 aromatic carbocycles. The highest BCUT2D eigenvalue weighted by molar-refractivity contribution is 6.06. The van der Waals surface area contributed by atoms with Gasteiger partial charge in [-0.3, -0.25) is 9.59 Å². The number of carbonyl (C=O) groups excluding carboxylic acids is 2. The summed E-state index contributed by atoms with van der Waals surface area (Å²) >= 11 is 0.